The first kappa shape index (κ1) is 16.6. The number of rotatable bonds is 7. The number of carbonyl (C=O) groups excluding carboxylic acids is 1. The van der Waals surface area contributed by atoms with Crippen LogP contribution >= 0.6 is 0 Å². The van der Waals surface area contributed by atoms with Gasteiger partial charge < -0.3 is 11.5 Å². The van der Waals surface area contributed by atoms with E-state index in [4.69, 9.17) is 11.5 Å². The lowest BCUT2D eigenvalue weighted by Gasteiger charge is -2.25. The second kappa shape index (κ2) is 6.83. The molecular formula is C13H21N3O3S. The molecule has 0 radical (unpaired) electrons. The number of carbonyl (C=O) groups is 1. The van der Waals surface area contributed by atoms with Crippen molar-refractivity contribution in [3.8, 4) is 0 Å². The van der Waals surface area contributed by atoms with Crippen molar-refractivity contribution in [2.24, 2.45) is 11.5 Å². The van der Waals surface area contributed by atoms with Gasteiger partial charge in [-0.15, -0.1) is 0 Å². The molecule has 0 heterocycles. The molecule has 1 aromatic carbocycles. The summed E-state index contributed by atoms with van der Waals surface area (Å²) in [4.78, 5) is 11.0. The van der Waals surface area contributed by atoms with Crippen molar-refractivity contribution in [1.29, 1.82) is 0 Å². The Balaban J connectivity index is 3.06. The van der Waals surface area contributed by atoms with Gasteiger partial charge in [0.2, 0.25) is 15.9 Å². The Bertz CT molecular complexity index is 570. The number of primary amides is 1. The first-order valence-electron chi connectivity index (χ1n) is 6.32. The Morgan fingerprint density at radius 2 is 1.80 bits per heavy atom. The number of nitrogens with zero attached hydrogens (tertiary/aromatic N) is 1. The molecule has 20 heavy (non-hydrogen) atoms. The van der Waals surface area contributed by atoms with Gasteiger partial charge in [0.1, 0.15) is 0 Å². The van der Waals surface area contributed by atoms with E-state index in [2.05, 4.69) is 0 Å². The molecule has 0 aliphatic heterocycles. The van der Waals surface area contributed by atoms with Crippen molar-refractivity contribution < 1.29 is 13.2 Å². The maximum atomic E-state index is 12.4. The number of hydrogen-bond acceptors (Lipinski definition) is 4. The Morgan fingerprint density at radius 1 is 1.25 bits per heavy atom. The number of benzene rings is 1. The Morgan fingerprint density at radius 3 is 2.25 bits per heavy atom. The lowest BCUT2D eigenvalue weighted by molar-refractivity contribution is -0.118. The number of hydrogen-bond donors (Lipinski definition) is 2. The molecule has 0 unspecified atom stereocenters. The fourth-order valence-corrected chi connectivity index (χ4v) is 3.74. The molecule has 1 rings (SSSR count). The zero-order valence-electron chi connectivity index (χ0n) is 11.7. The lowest BCUT2D eigenvalue weighted by atomic mass is 10.1. The molecule has 0 aliphatic rings. The minimum absolute atomic E-state index is 0.189. The topological polar surface area (TPSA) is 106 Å². The van der Waals surface area contributed by atoms with Crippen molar-refractivity contribution in [3.05, 3.63) is 35.4 Å². The second-order valence-electron chi connectivity index (χ2n) is 4.83. The molecule has 1 amide bonds. The van der Waals surface area contributed by atoms with E-state index >= 15 is 0 Å². The third-order valence-corrected chi connectivity index (χ3v) is 4.86. The summed E-state index contributed by atoms with van der Waals surface area (Å²) in [6.45, 7) is 3.36. The van der Waals surface area contributed by atoms with E-state index in [0.29, 0.717) is 5.56 Å². The summed E-state index contributed by atoms with van der Waals surface area (Å²) < 4.78 is 26.0. The highest BCUT2D eigenvalue weighted by atomic mass is 32.2. The Labute approximate surface area is 119 Å². The molecule has 0 saturated carbocycles. The van der Waals surface area contributed by atoms with E-state index < -0.39 is 15.9 Å². The van der Waals surface area contributed by atoms with Crippen LogP contribution in [-0.4, -0.2) is 31.2 Å². The maximum Gasteiger partial charge on any atom is 0.232 e. The third-order valence-electron chi connectivity index (χ3n) is 2.92. The van der Waals surface area contributed by atoms with Crippen LogP contribution in [0, 0.1) is 0 Å². The molecule has 0 bridgehead atoms. The zero-order chi connectivity index (χ0) is 15.3. The van der Waals surface area contributed by atoms with E-state index in [9.17, 15) is 13.2 Å². The Hall–Kier alpha value is -1.44. The zero-order valence-corrected chi connectivity index (χ0v) is 12.6. The first-order valence-corrected chi connectivity index (χ1v) is 7.93. The van der Waals surface area contributed by atoms with Crippen LogP contribution in [0.2, 0.25) is 0 Å². The molecule has 112 valence electrons. The van der Waals surface area contributed by atoms with E-state index in [0.717, 1.165) is 9.87 Å². The van der Waals surface area contributed by atoms with Gasteiger partial charge in [0.25, 0.3) is 0 Å². The predicted octanol–water partition coefficient (Wildman–Crippen LogP) is 0.171. The van der Waals surface area contributed by atoms with Gasteiger partial charge in [-0.1, -0.05) is 24.3 Å². The summed E-state index contributed by atoms with van der Waals surface area (Å²) in [5.41, 5.74) is 12.1. The normalized spacial score (nSPS) is 12.1. The average molecular weight is 299 g/mol. The van der Waals surface area contributed by atoms with E-state index in [1.807, 2.05) is 6.07 Å². The highest BCUT2D eigenvalue weighted by Crippen LogP contribution is 2.16. The average Bonchev–Trinajstić information content (AvgIpc) is 2.35. The van der Waals surface area contributed by atoms with Crippen LogP contribution in [0.25, 0.3) is 0 Å². The van der Waals surface area contributed by atoms with Gasteiger partial charge in [0.15, 0.2) is 0 Å². The summed E-state index contributed by atoms with van der Waals surface area (Å²) in [6, 6.07) is 6.75. The smallest absolute Gasteiger partial charge is 0.232 e. The maximum absolute atomic E-state index is 12.4. The molecule has 0 saturated heterocycles. The molecular weight excluding hydrogens is 278 g/mol. The van der Waals surface area contributed by atoms with Gasteiger partial charge in [-0.25, -0.2) is 8.42 Å². The number of sulfonamides is 1. The van der Waals surface area contributed by atoms with E-state index in [1.54, 1.807) is 32.0 Å². The molecule has 7 heteroatoms. The largest absolute Gasteiger partial charge is 0.369 e. The van der Waals surface area contributed by atoms with Gasteiger partial charge in [-0.3, -0.25) is 4.79 Å². The standard InChI is InChI=1S/C13H21N3O3S/c1-10(2)16(8-13(15)17)20(18,19)9-12-6-4-3-5-11(12)7-14/h3-6,10H,7-9,14H2,1-2H3,(H2,15,17). The van der Waals surface area contributed by atoms with Gasteiger partial charge in [-0.05, 0) is 25.0 Å². The minimum Gasteiger partial charge on any atom is -0.369 e. The predicted molar refractivity (Wildman–Crippen MR) is 78.0 cm³/mol. The highest BCUT2D eigenvalue weighted by molar-refractivity contribution is 7.88. The number of amides is 1. The van der Waals surface area contributed by atoms with Gasteiger partial charge >= 0.3 is 0 Å². The number of nitrogens with two attached hydrogens (primary N) is 2. The molecule has 6 nitrogen and oxygen atoms in total. The summed E-state index contributed by atoms with van der Waals surface area (Å²) in [5.74, 6) is -0.861. The van der Waals surface area contributed by atoms with Crippen LogP contribution in [0.5, 0.6) is 0 Å². The van der Waals surface area contributed by atoms with Crippen LogP contribution in [0.4, 0.5) is 0 Å². The molecule has 0 fully saturated rings. The van der Waals surface area contributed by atoms with Crippen molar-refractivity contribution in [3.63, 3.8) is 0 Å². The minimum atomic E-state index is -3.63. The molecule has 4 N–H and O–H groups in total. The summed E-state index contributed by atoms with van der Waals surface area (Å²) in [7, 11) is -3.63. The monoisotopic (exact) mass is 299 g/mol. The molecule has 0 spiro atoms. The summed E-state index contributed by atoms with van der Waals surface area (Å²) in [6.07, 6.45) is 0. The fraction of sp³-hybridized carbons (Fsp3) is 0.462. The third kappa shape index (κ3) is 4.29. The molecule has 0 atom stereocenters. The van der Waals surface area contributed by atoms with Crippen molar-refractivity contribution in [1.82, 2.24) is 4.31 Å². The molecule has 0 aliphatic carbocycles. The van der Waals surface area contributed by atoms with Crippen molar-refractivity contribution in [2.45, 2.75) is 32.2 Å². The second-order valence-corrected chi connectivity index (χ2v) is 6.76. The summed E-state index contributed by atoms with van der Waals surface area (Å²) in [5, 5.41) is 0. The molecule has 1 aromatic rings. The summed E-state index contributed by atoms with van der Waals surface area (Å²) >= 11 is 0. The van der Waals surface area contributed by atoms with Crippen LogP contribution in [-0.2, 0) is 27.1 Å². The first-order chi connectivity index (χ1) is 9.27. The highest BCUT2D eigenvalue weighted by Gasteiger charge is 2.27. The van der Waals surface area contributed by atoms with Crippen LogP contribution in [0.3, 0.4) is 0 Å². The van der Waals surface area contributed by atoms with Crippen LogP contribution in [0.15, 0.2) is 24.3 Å². The quantitative estimate of drug-likeness (QED) is 0.748. The molecule has 0 aromatic heterocycles. The van der Waals surface area contributed by atoms with Gasteiger partial charge in [0.05, 0.1) is 12.3 Å². The SMILES string of the molecule is CC(C)N(CC(N)=O)S(=O)(=O)Cc1ccccc1CN. The van der Waals surface area contributed by atoms with Gasteiger partial charge in [-0.2, -0.15) is 4.31 Å². The van der Waals surface area contributed by atoms with Crippen LogP contribution < -0.4 is 11.5 Å². The van der Waals surface area contributed by atoms with Crippen molar-refractivity contribution >= 4 is 15.9 Å². The Kier molecular flexibility index (Phi) is 5.67. The van der Waals surface area contributed by atoms with Gasteiger partial charge in [0, 0.05) is 12.6 Å². The van der Waals surface area contributed by atoms with E-state index in [-0.39, 0.29) is 24.9 Å². The lowest BCUT2D eigenvalue weighted by Crippen LogP contribution is -2.43. The fourth-order valence-electron chi connectivity index (χ4n) is 1.93. The van der Waals surface area contributed by atoms with E-state index in [1.165, 1.54) is 0 Å². The van der Waals surface area contributed by atoms with Crippen molar-refractivity contribution in [2.75, 3.05) is 6.54 Å². The van der Waals surface area contributed by atoms with Crippen LogP contribution in [0.1, 0.15) is 25.0 Å².